The number of rotatable bonds is 9. The number of ether oxygens (including phenoxy) is 1. The average Bonchev–Trinajstić information content (AvgIpc) is 3.20. The van der Waals surface area contributed by atoms with Crippen LogP contribution in [0.5, 0.6) is 0 Å². The van der Waals surface area contributed by atoms with Crippen LogP contribution in [0.25, 0.3) is 11.0 Å². The van der Waals surface area contributed by atoms with Gasteiger partial charge in [0.2, 0.25) is 5.95 Å². The molecule has 12 heteroatoms. The second kappa shape index (κ2) is 10.5. The van der Waals surface area contributed by atoms with Gasteiger partial charge in [-0.2, -0.15) is 23.3 Å². The molecule has 0 aliphatic carbocycles. The Morgan fingerprint density at radius 3 is 2.65 bits per heavy atom. The van der Waals surface area contributed by atoms with Crippen LogP contribution in [0.15, 0.2) is 24.4 Å². The van der Waals surface area contributed by atoms with Crippen molar-refractivity contribution < 1.29 is 23.0 Å². The number of aryl methyl sites for hydroxylation is 1. The fourth-order valence-corrected chi connectivity index (χ4v) is 3.97. The van der Waals surface area contributed by atoms with Crippen molar-refractivity contribution in [2.24, 2.45) is 5.92 Å². The van der Waals surface area contributed by atoms with Gasteiger partial charge in [-0.15, -0.1) is 0 Å². The molecule has 1 fully saturated rings. The van der Waals surface area contributed by atoms with E-state index in [0.29, 0.717) is 35.0 Å². The van der Waals surface area contributed by atoms with E-state index in [-0.39, 0.29) is 25.7 Å². The molecule has 2 N–H and O–H groups in total. The summed E-state index contributed by atoms with van der Waals surface area (Å²) >= 11 is 0. The molecule has 0 amide bonds. The maximum atomic E-state index is 12.5. The first kappa shape index (κ1) is 24.1. The van der Waals surface area contributed by atoms with Gasteiger partial charge in [-0.1, -0.05) is 13.0 Å². The summed E-state index contributed by atoms with van der Waals surface area (Å²) in [5.74, 6) is 1.87. The third-order valence-electron chi connectivity index (χ3n) is 5.76. The third-order valence-corrected chi connectivity index (χ3v) is 5.76. The molecule has 34 heavy (non-hydrogen) atoms. The predicted octanol–water partition coefficient (Wildman–Crippen LogP) is 3.31. The van der Waals surface area contributed by atoms with E-state index in [1.54, 1.807) is 23.0 Å². The SMILES string of the molecule is CCc1nn(CCOCC(F)(F)F)c2c(Nc3ccccn3)nc(N3CCC(CO)CC3)nc12. The first-order valence-corrected chi connectivity index (χ1v) is 11.3. The van der Waals surface area contributed by atoms with Crippen LogP contribution in [-0.4, -0.2) is 68.9 Å². The number of alkyl halides is 3. The molecular formula is C22H28F3N7O2. The Labute approximate surface area is 195 Å². The van der Waals surface area contributed by atoms with E-state index in [0.717, 1.165) is 31.6 Å². The van der Waals surface area contributed by atoms with Crippen molar-refractivity contribution in [2.45, 2.75) is 38.9 Å². The summed E-state index contributed by atoms with van der Waals surface area (Å²) in [7, 11) is 0. The van der Waals surface area contributed by atoms with Crippen LogP contribution in [-0.2, 0) is 17.7 Å². The molecule has 0 saturated carbocycles. The number of piperidine rings is 1. The topological polar surface area (TPSA) is 101 Å². The van der Waals surface area contributed by atoms with Gasteiger partial charge in [-0.3, -0.25) is 4.68 Å². The van der Waals surface area contributed by atoms with Gasteiger partial charge in [-0.05, 0) is 37.3 Å². The largest absolute Gasteiger partial charge is 0.411 e. The maximum Gasteiger partial charge on any atom is 0.411 e. The summed E-state index contributed by atoms with van der Waals surface area (Å²) in [6, 6.07) is 5.44. The predicted molar refractivity (Wildman–Crippen MR) is 121 cm³/mol. The maximum absolute atomic E-state index is 12.5. The number of nitrogens with zero attached hydrogens (tertiary/aromatic N) is 6. The number of aromatic nitrogens is 5. The number of hydrogen-bond donors (Lipinski definition) is 2. The number of aliphatic hydroxyl groups is 1. The zero-order chi connectivity index (χ0) is 24.1. The summed E-state index contributed by atoms with van der Waals surface area (Å²) in [6.07, 6.45) is -0.442. The summed E-state index contributed by atoms with van der Waals surface area (Å²) < 4.78 is 43.8. The molecule has 9 nitrogen and oxygen atoms in total. The Morgan fingerprint density at radius 1 is 1.21 bits per heavy atom. The van der Waals surface area contributed by atoms with Crippen LogP contribution in [0, 0.1) is 5.92 Å². The molecule has 4 rings (SSSR count). The summed E-state index contributed by atoms with van der Waals surface area (Å²) in [5, 5.41) is 17.3. The molecular weight excluding hydrogens is 451 g/mol. The number of pyridine rings is 1. The molecule has 0 atom stereocenters. The molecule has 4 heterocycles. The zero-order valence-corrected chi connectivity index (χ0v) is 18.9. The van der Waals surface area contributed by atoms with E-state index in [9.17, 15) is 18.3 Å². The van der Waals surface area contributed by atoms with E-state index in [4.69, 9.17) is 14.7 Å². The molecule has 0 radical (unpaired) electrons. The number of nitrogens with one attached hydrogen (secondary N) is 1. The van der Waals surface area contributed by atoms with Gasteiger partial charge in [0.05, 0.1) is 18.8 Å². The van der Waals surface area contributed by atoms with Gasteiger partial charge in [0.1, 0.15) is 23.5 Å². The molecule has 0 bridgehead atoms. The van der Waals surface area contributed by atoms with Gasteiger partial charge in [0.25, 0.3) is 0 Å². The first-order chi connectivity index (χ1) is 16.4. The lowest BCUT2D eigenvalue weighted by Crippen LogP contribution is -2.36. The Balaban J connectivity index is 1.69. The van der Waals surface area contributed by atoms with Gasteiger partial charge >= 0.3 is 6.18 Å². The molecule has 1 aliphatic heterocycles. The van der Waals surface area contributed by atoms with E-state index in [2.05, 4.69) is 20.3 Å². The van der Waals surface area contributed by atoms with E-state index in [1.165, 1.54) is 0 Å². The highest BCUT2D eigenvalue weighted by Crippen LogP contribution is 2.30. The number of hydrogen-bond acceptors (Lipinski definition) is 8. The average molecular weight is 480 g/mol. The second-order valence-electron chi connectivity index (χ2n) is 8.21. The van der Waals surface area contributed by atoms with Gasteiger partial charge in [0.15, 0.2) is 5.82 Å². The lowest BCUT2D eigenvalue weighted by Gasteiger charge is -2.31. The van der Waals surface area contributed by atoms with Crippen molar-refractivity contribution in [3.05, 3.63) is 30.1 Å². The van der Waals surface area contributed by atoms with E-state index in [1.807, 2.05) is 13.0 Å². The molecule has 3 aromatic heterocycles. The number of halogens is 3. The normalized spacial score (nSPS) is 15.3. The van der Waals surface area contributed by atoms with Crippen molar-refractivity contribution in [3.63, 3.8) is 0 Å². The summed E-state index contributed by atoms with van der Waals surface area (Å²) in [6.45, 7) is 2.22. The lowest BCUT2D eigenvalue weighted by atomic mass is 9.98. The van der Waals surface area contributed by atoms with Crippen molar-refractivity contribution in [1.82, 2.24) is 24.7 Å². The first-order valence-electron chi connectivity index (χ1n) is 11.3. The Morgan fingerprint density at radius 2 is 2.00 bits per heavy atom. The molecule has 3 aromatic rings. The van der Waals surface area contributed by atoms with E-state index >= 15 is 0 Å². The molecule has 0 unspecified atom stereocenters. The van der Waals surface area contributed by atoms with Gasteiger partial charge < -0.3 is 20.1 Å². The Hall–Kier alpha value is -2.99. The van der Waals surface area contributed by atoms with Crippen LogP contribution in [0.4, 0.5) is 30.8 Å². The van der Waals surface area contributed by atoms with Crippen LogP contribution >= 0.6 is 0 Å². The minimum atomic E-state index is -4.38. The van der Waals surface area contributed by atoms with Crippen molar-refractivity contribution in [3.8, 4) is 0 Å². The van der Waals surface area contributed by atoms with Crippen LogP contribution in [0.1, 0.15) is 25.5 Å². The van der Waals surface area contributed by atoms with Crippen LogP contribution in [0.2, 0.25) is 0 Å². The minimum Gasteiger partial charge on any atom is -0.396 e. The van der Waals surface area contributed by atoms with Crippen LogP contribution < -0.4 is 10.2 Å². The quantitative estimate of drug-likeness (QED) is 0.451. The lowest BCUT2D eigenvalue weighted by molar-refractivity contribution is -0.174. The molecule has 184 valence electrons. The number of anilines is 3. The van der Waals surface area contributed by atoms with Crippen molar-refractivity contribution >= 4 is 28.6 Å². The fraction of sp³-hybridized carbons (Fsp3) is 0.545. The Bertz CT molecular complexity index is 1080. The van der Waals surface area contributed by atoms with Crippen molar-refractivity contribution in [2.75, 3.05) is 43.1 Å². The zero-order valence-electron chi connectivity index (χ0n) is 18.9. The highest BCUT2D eigenvalue weighted by Gasteiger charge is 2.28. The fourth-order valence-electron chi connectivity index (χ4n) is 3.97. The number of aliphatic hydroxyl groups excluding tert-OH is 1. The highest BCUT2D eigenvalue weighted by atomic mass is 19.4. The second-order valence-corrected chi connectivity index (χ2v) is 8.21. The monoisotopic (exact) mass is 479 g/mol. The highest BCUT2D eigenvalue weighted by molar-refractivity contribution is 5.90. The van der Waals surface area contributed by atoms with Crippen LogP contribution in [0.3, 0.4) is 0 Å². The van der Waals surface area contributed by atoms with E-state index < -0.39 is 12.8 Å². The summed E-state index contributed by atoms with van der Waals surface area (Å²) in [5.41, 5.74) is 1.96. The molecule has 1 aliphatic rings. The van der Waals surface area contributed by atoms with Gasteiger partial charge in [-0.25, -0.2) is 9.97 Å². The summed E-state index contributed by atoms with van der Waals surface area (Å²) in [4.78, 5) is 16.0. The number of fused-ring (bicyclic) bond motifs is 1. The standard InChI is InChI=1S/C22H28F3N7O2/c1-2-16-18-19(32(30-16)11-12-34-14-22(23,24)25)20(27-17-5-3-4-8-26-17)29-21(28-18)31-9-6-15(13-33)7-10-31/h3-5,8,15,33H,2,6-7,9-14H2,1H3,(H,26,27,28,29). The van der Waals surface area contributed by atoms with Gasteiger partial charge in [0, 0.05) is 25.9 Å². The smallest absolute Gasteiger partial charge is 0.396 e. The molecule has 1 saturated heterocycles. The minimum absolute atomic E-state index is 0.119. The molecule has 0 spiro atoms. The third kappa shape index (κ3) is 5.73. The Kier molecular flexibility index (Phi) is 7.47. The molecule has 0 aromatic carbocycles. The van der Waals surface area contributed by atoms with Crippen molar-refractivity contribution in [1.29, 1.82) is 0 Å².